The van der Waals surface area contributed by atoms with Gasteiger partial charge in [0.1, 0.15) is 11.3 Å². The van der Waals surface area contributed by atoms with Crippen molar-refractivity contribution < 1.29 is 14.3 Å². The standard InChI is InChI=1S/C23H27N3O3/c1-3-23(18-7-5-4-6-8-18)21(27)26(22(28)24-23)16-25(19-11-12-19)15-17-9-13-20(29-2)14-10-17/h4-10,13-14,19H,3,11-12,15-16H2,1-2H3,(H,24,28)/t23-/m1/s1. The van der Waals surface area contributed by atoms with Gasteiger partial charge in [-0.1, -0.05) is 49.4 Å². The van der Waals surface area contributed by atoms with Gasteiger partial charge in [-0.3, -0.25) is 9.69 Å². The summed E-state index contributed by atoms with van der Waals surface area (Å²) in [6.45, 7) is 2.93. The van der Waals surface area contributed by atoms with Crippen LogP contribution in [0, 0.1) is 0 Å². The first-order valence-corrected chi connectivity index (χ1v) is 10.1. The molecule has 3 amide bonds. The Labute approximate surface area is 171 Å². The van der Waals surface area contributed by atoms with Gasteiger partial charge in [0.15, 0.2) is 0 Å². The number of hydrogen-bond acceptors (Lipinski definition) is 4. The maximum atomic E-state index is 13.4. The third kappa shape index (κ3) is 3.72. The largest absolute Gasteiger partial charge is 0.497 e. The highest BCUT2D eigenvalue weighted by atomic mass is 16.5. The van der Waals surface area contributed by atoms with Crippen molar-refractivity contribution in [3.63, 3.8) is 0 Å². The number of urea groups is 1. The molecule has 1 atom stereocenters. The fraction of sp³-hybridized carbons (Fsp3) is 0.391. The number of benzene rings is 2. The van der Waals surface area contributed by atoms with Crippen LogP contribution in [0.2, 0.25) is 0 Å². The fourth-order valence-corrected chi connectivity index (χ4v) is 4.00. The summed E-state index contributed by atoms with van der Waals surface area (Å²) in [5.41, 5.74) is 0.985. The SMILES string of the molecule is CC[C@]1(c2ccccc2)NC(=O)N(CN(Cc2ccc(OC)cc2)C2CC2)C1=O. The van der Waals surface area contributed by atoms with Crippen LogP contribution in [0.5, 0.6) is 5.75 Å². The van der Waals surface area contributed by atoms with Crippen molar-refractivity contribution in [3.8, 4) is 5.75 Å². The number of rotatable bonds is 8. The summed E-state index contributed by atoms with van der Waals surface area (Å²) in [4.78, 5) is 29.8. The number of amides is 3. The van der Waals surface area contributed by atoms with E-state index in [0.29, 0.717) is 25.7 Å². The Balaban J connectivity index is 1.53. The Morgan fingerprint density at radius 2 is 1.79 bits per heavy atom. The highest BCUT2D eigenvalue weighted by molar-refractivity contribution is 6.07. The number of nitrogens with one attached hydrogen (secondary N) is 1. The number of hydrogen-bond donors (Lipinski definition) is 1. The first-order chi connectivity index (χ1) is 14.1. The summed E-state index contributed by atoms with van der Waals surface area (Å²) in [5.74, 6) is 0.646. The third-order valence-electron chi connectivity index (χ3n) is 5.90. The van der Waals surface area contributed by atoms with Crippen LogP contribution in [0.3, 0.4) is 0 Å². The molecule has 1 heterocycles. The molecule has 29 heavy (non-hydrogen) atoms. The Hall–Kier alpha value is -2.86. The van der Waals surface area contributed by atoms with Crippen molar-refractivity contribution >= 4 is 11.9 Å². The van der Waals surface area contributed by atoms with E-state index < -0.39 is 5.54 Å². The minimum atomic E-state index is -0.978. The van der Waals surface area contributed by atoms with E-state index in [1.165, 1.54) is 4.90 Å². The van der Waals surface area contributed by atoms with Gasteiger partial charge >= 0.3 is 6.03 Å². The van der Waals surface area contributed by atoms with Gasteiger partial charge in [0.25, 0.3) is 5.91 Å². The molecule has 0 spiro atoms. The van der Waals surface area contributed by atoms with Gasteiger partial charge in [-0.2, -0.15) is 0 Å². The van der Waals surface area contributed by atoms with E-state index >= 15 is 0 Å². The number of methoxy groups -OCH3 is 1. The molecular weight excluding hydrogens is 366 g/mol. The molecule has 1 N–H and O–H groups in total. The molecule has 0 bridgehead atoms. The average molecular weight is 393 g/mol. The van der Waals surface area contributed by atoms with Crippen LogP contribution in [0.15, 0.2) is 54.6 Å². The monoisotopic (exact) mass is 393 g/mol. The number of imide groups is 1. The zero-order valence-corrected chi connectivity index (χ0v) is 16.9. The van der Waals surface area contributed by atoms with Crippen molar-refractivity contribution in [3.05, 3.63) is 65.7 Å². The van der Waals surface area contributed by atoms with Gasteiger partial charge < -0.3 is 10.1 Å². The van der Waals surface area contributed by atoms with Gasteiger partial charge in [-0.25, -0.2) is 9.69 Å². The predicted molar refractivity (Wildman–Crippen MR) is 110 cm³/mol. The van der Waals surface area contributed by atoms with E-state index in [1.54, 1.807) is 7.11 Å². The van der Waals surface area contributed by atoms with Crippen molar-refractivity contribution in [2.45, 2.75) is 44.3 Å². The molecule has 2 aliphatic rings. The van der Waals surface area contributed by atoms with Crippen LogP contribution in [-0.2, 0) is 16.9 Å². The maximum absolute atomic E-state index is 13.4. The molecule has 2 aromatic rings. The fourth-order valence-electron chi connectivity index (χ4n) is 4.00. The summed E-state index contributed by atoms with van der Waals surface area (Å²) in [6.07, 6.45) is 2.70. The van der Waals surface area contributed by atoms with E-state index in [9.17, 15) is 9.59 Å². The Bertz CT molecular complexity index is 880. The van der Waals surface area contributed by atoms with Crippen LogP contribution < -0.4 is 10.1 Å². The highest BCUT2D eigenvalue weighted by Crippen LogP contribution is 2.34. The molecule has 1 saturated heterocycles. The predicted octanol–water partition coefficient (Wildman–Crippen LogP) is 3.47. The molecule has 6 nitrogen and oxygen atoms in total. The van der Waals surface area contributed by atoms with Gasteiger partial charge in [0, 0.05) is 12.6 Å². The molecule has 2 fully saturated rings. The minimum absolute atomic E-state index is 0.170. The van der Waals surface area contributed by atoms with Crippen LogP contribution in [0.1, 0.15) is 37.3 Å². The molecule has 1 aliphatic heterocycles. The van der Waals surface area contributed by atoms with E-state index in [-0.39, 0.29) is 11.9 Å². The molecule has 152 valence electrons. The Morgan fingerprint density at radius 1 is 1.10 bits per heavy atom. The smallest absolute Gasteiger partial charge is 0.326 e. The van der Waals surface area contributed by atoms with Crippen LogP contribution in [0.25, 0.3) is 0 Å². The zero-order chi connectivity index (χ0) is 20.4. The van der Waals surface area contributed by atoms with Crippen molar-refractivity contribution in [2.75, 3.05) is 13.8 Å². The van der Waals surface area contributed by atoms with E-state index in [1.807, 2.05) is 61.5 Å². The summed E-state index contributed by atoms with van der Waals surface area (Å²) in [6, 6.07) is 17.5. The quantitative estimate of drug-likeness (QED) is 0.698. The second kappa shape index (κ2) is 7.87. The lowest BCUT2D eigenvalue weighted by atomic mass is 9.87. The number of nitrogens with zero attached hydrogens (tertiary/aromatic N) is 2. The first kappa shape index (κ1) is 19.5. The van der Waals surface area contributed by atoms with E-state index in [4.69, 9.17) is 4.74 Å². The first-order valence-electron chi connectivity index (χ1n) is 10.1. The Morgan fingerprint density at radius 3 is 2.38 bits per heavy atom. The van der Waals surface area contributed by atoms with Crippen LogP contribution >= 0.6 is 0 Å². The van der Waals surface area contributed by atoms with Crippen molar-refractivity contribution in [2.24, 2.45) is 0 Å². The highest BCUT2D eigenvalue weighted by Gasteiger charge is 2.52. The van der Waals surface area contributed by atoms with E-state index in [0.717, 1.165) is 29.7 Å². The average Bonchev–Trinajstić information content (AvgIpc) is 3.57. The molecular formula is C23H27N3O3. The van der Waals surface area contributed by atoms with Gasteiger partial charge in [-0.15, -0.1) is 0 Å². The van der Waals surface area contributed by atoms with Gasteiger partial charge in [-0.05, 0) is 42.5 Å². The lowest BCUT2D eigenvalue weighted by Gasteiger charge is -2.28. The molecule has 0 unspecified atom stereocenters. The van der Waals surface area contributed by atoms with Crippen LogP contribution in [-0.4, -0.2) is 41.6 Å². The second-order valence-corrected chi connectivity index (χ2v) is 7.76. The normalized spacial score (nSPS) is 21.6. The van der Waals surface area contributed by atoms with Crippen LogP contribution in [0.4, 0.5) is 4.79 Å². The molecule has 6 heteroatoms. The zero-order valence-electron chi connectivity index (χ0n) is 16.9. The molecule has 2 aromatic carbocycles. The van der Waals surface area contributed by atoms with Gasteiger partial charge in [0.05, 0.1) is 13.8 Å². The summed E-state index contributed by atoms with van der Waals surface area (Å²) >= 11 is 0. The molecule has 0 aromatic heterocycles. The minimum Gasteiger partial charge on any atom is -0.497 e. The van der Waals surface area contributed by atoms with Gasteiger partial charge in [0.2, 0.25) is 0 Å². The Kier molecular flexibility index (Phi) is 5.28. The number of carbonyl (C=O) groups excluding carboxylic acids is 2. The second-order valence-electron chi connectivity index (χ2n) is 7.76. The van der Waals surface area contributed by atoms with E-state index in [2.05, 4.69) is 10.2 Å². The number of ether oxygens (including phenoxy) is 1. The maximum Gasteiger partial charge on any atom is 0.326 e. The van der Waals surface area contributed by atoms with Crippen molar-refractivity contribution in [1.29, 1.82) is 0 Å². The summed E-state index contributed by atoms with van der Waals surface area (Å²) in [5, 5.41) is 2.97. The summed E-state index contributed by atoms with van der Waals surface area (Å²) in [7, 11) is 1.65. The molecule has 0 radical (unpaired) electrons. The lowest BCUT2D eigenvalue weighted by molar-refractivity contribution is -0.133. The third-order valence-corrected chi connectivity index (χ3v) is 5.90. The number of carbonyl (C=O) groups is 2. The lowest BCUT2D eigenvalue weighted by Crippen LogP contribution is -2.45. The molecule has 4 rings (SSSR count). The molecule has 1 saturated carbocycles. The molecule has 1 aliphatic carbocycles. The topological polar surface area (TPSA) is 61.9 Å². The summed E-state index contributed by atoms with van der Waals surface area (Å²) < 4.78 is 5.23. The van der Waals surface area contributed by atoms with Crippen molar-refractivity contribution in [1.82, 2.24) is 15.1 Å².